The summed E-state index contributed by atoms with van der Waals surface area (Å²) >= 11 is 0. The van der Waals surface area contributed by atoms with E-state index in [2.05, 4.69) is 9.47 Å². The molecule has 0 bridgehead atoms. The Kier molecular flexibility index (Phi) is 7.92. The molecule has 0 aliphatic rings. The maximum absolute atomic E-state index is 11.1. The first-order valence-electron chi connectivity index (χ1n) is 5.64. The van der Waals surface area contributed by atoms with E-state index in [0.29, 0.717) is 0 Å². The fourth-order valence-electron chi connectivity index (χ4n) is 0.948. The molecule has 0 aliphatic carbocycles. The fraction of sp³-hybridized carbons (Fsp3) is 0.818. The van der Waals surface area contributed by atoms with Gasteiger partial charge in [-0.05, 0) is 19.8 Å². The predicted octanol–water partition coefficient (Wildman–Crippen LogP) is 2.36. The third-order valence-electron chi connectivity index (χ3n) is 1.88. The summed E-state index contributed by atoms with van der Waals surface area (Å²) in [5.41, 5.74) is 0. The fourth-order valence-corrected chi connectivity index (χ4v) is 0.948. The van der Waals surface area contributed by atoms with Gasteiger partial charge in [-0.1, -0.05) is 13.8 Å². The number of carbonyl (C=O) groups excluding carboxylic acids is 2. The summed E-state index contributed by atoms with van der Waals surface area (Å²) in [5.74, 6) is 0.00818. The van der Waals surface area contributed by atoms with Crippen molar-refractivity contribution in [3.8, 4) is 0 Å². The molecule has 0 spiro atoms. The maximum atomic E-state index is 11.1. The zero-order chi connectivity index (χ0) is 13.3. The smallest absolute Gasteiger partial charge is 0.435 e. The van der Waals surface area contributed by atoms with Crippen molar-refractivity contribution in [1.29, 1.82) is 0 Å². The molecule has 6 nitrogen and oxygen atoms in total. The topological polar surface area (TPSA) is 71.1 Å². The van der Waals surface area contributed by atoms with Gasteiger partial charge in [-0.25, -0.2) is 9.59 Å². The van der Waals surface area contributed by atoms with Crippen LogP contribution in [-0.2, 0) is 18.9 Å². The van der Waals surface area contributed by atoms with Crippen molar-refractivity contribution in [3.63, 3.8) is 0 Å². The zero-order valence-electron chi connectivity index (χ0n) is 10.7. The highest BCUT2D eigenvalue weighted by molar-refractivity contribution is 5.61. The number of hydrogen-bond acceptors (Lipinski definition) is 6. The van der Waals surface area contributed by atoms with Crippen LogP contribution in [0.1, 0.15) is 27.7 Å². The molecular weight excluding hydrogens is 228 g/mol. The van der Waals surface area contributed by atoms with Gasteiger partial charge in [0, 0.05) is 0 Å². The van der Waals surface area contributed by atoms with Gasteiger partial charge in [0.2, 0.25) is 0 Å². The van der Waals surface area contributed by atoms with Crippen LogP contribution in [0, 0.1) is 5.92 Å². The lowest BCUT2D eigenvalue weighted by atomic mass is 10.1. The van der Waals surface area contributed by atoms with E-state index in [1.54, 1.807) is 13.8 Å². The molecule has 1 unspecified atom stereocenters. The van der Waals surface area contributed by atoms with Crippen LogP contribution in [0.15, 0.2) is 0 Å². The Labute approximate surface area is 101 Å². The average Bonchev–Trinajstić information content (AvgIpc) is 2.24. The Morgan fingerprint density at radius 3 is 1.94 bits per heavy atom. The monoisotopic (exact) mass is 248 g/mol. The second-order valence-electron chi connectivity index (χ2n) is 3.58. The van der Waals surface area contributed by atoms with E-state index in [1.807, 2.05) is 13.8 Å². The van der Waals surface area contributed by atoms with Crippen LogP contribution in [0.25, 0.3) is 0 Å². The molecule has 0 aromatic carbocycles. The number of ether oxygens (including phenoxy) is 4. The second kappa shape index (κ2) is 8.66. The molecule has 6 heteroatoms. The van der Waals surface area contributed by atoms with Gasteiger partial charge in [0.15, 0.2) is 0 Å². The minimum atomic E-state index is -0.773. The Hall–Kier alpha value is -1.46. The number of carbonyl (C=O) groups is 2. The summed E-state index contributed by atoms with van der Waals surface area (Å²) in [6, 6.07) is 0. The highest BCUT2D eigenvalue weighted by Gasteiger charge is 2.21. The van der Waals surface area contributed by atoms with Crippen molar-refractivity contribution in [2.24, 2.45) is 5.92 Å². The molecule has 0 aromatic heterocycles. The molecule has 0 heterocycles. The van der Waals surface area contributed by atoms with Gasteiger partial charge in [0.05, 0.1) is 13.2 Å². The minimum absolute atomic E-state index is 0.00818. The first-order valence-corrected chi connectivity index (χ1v) is 5.64. The van der Waals surface area contributed by atoms with Gasteiger partial charge in [0.25, 0.3) is 0 Å². The molecule has 1 atom stereocenters. The van der Waals surface area contributed by atoms with E-state index in [4.69, 9.17) is 9.47 Å². The number of hydrogen-bond donors (Lipinski definition) is 0. The highest BCUT2D eigenvalue weighted by Crippen LogP contribution is 2.09. The quantitative estimate of drug-likeness (QED) is 0.672. The SMILES string of the molecule is CCOC(=O)OCC(OC(=O)OCC)C(C)C. The molecule has 0 saturated carbocycles. The van der Waals surface area contributed by atoms with Crippen LogP contribution in [0.2, 0.25) is 0 Å². The van der Waals surface area contributed by atoms with E-state index in [-0.39, 0.29) is 25.7 Å². The Bertz CT molecular complexity index is 238. The lowest BCUT2D eigenvalue weighted by molar-refractivity contribution is -0.0298. The van der Waals surface area contributed by atoms with Crippen LogP contribution < -0.4 is 0 Å². The standard InChI is InChI=1S/C11H20O6/c1-5-14-10(12)16-7-9(8(3)4)17-11(13)15-6-2/h8-9H,5-7H2,1-4H3. The summed E-state index contributed by atoms with van der Waals surface area (Å²) in [5, 5.41) is 0. The zero-order valence-corrected chi connectivity index (χ0v) is 10.7. The summed E-state index contributed by atoms with van der Waals surface area (Å²) in [6.45, 7) is 7.48. The van der Waals surface area contributed by atoms with E-state index >= 15 is 0 Å². The molecule has 0 radical (unpaired) electrons. The first-order chi connectivity index (χ1) is 8.01. The summed E-state index contributed by atoms with van der Waals surface area (Å²) in [4.78, 5) is 22.1. The highest BCUT2D eigenvalue weighted by atomic mass is 16.7. The van der Waals surface area contributed by atoms with Crippen LogP contribution in [0.4, 0.5) is 9.59 Å². The molecule has 0 amide bonds. The Morgan fingerprint density at radius 2 is 1.47 bits per heavy atom. The van der Waals surface area contributed by atoms with Gasteiger partial charge in [-0.15, -0.1) is 0 Å². The molecule has 0 rings (SSSR count). The van der Waals surface area contributed by atoms with E-state index in [1.165, 1.54) is 0 Å². The third-order valence-corrected chi connectivity index (χ3v) is 1.88. The predicted molar refractivity (Wildman–Crippen MR) is 59.7 cm³/mol. The lowest BCUT2D eigenvalue weighted by Gasteiger charge is -2.20. The third kappa shape index (κ3) is 7.43. The van der Waals surface area contributed by atoms with Crippen molar-refractivity contribution < 1.29 is 28.5 Å². The van der Waals surface area contributed by atoms with Gasteiger partial charge >= 0.3 is 12.3 Å². The molecule has 100 valence electrons. The molecular formula is C11H20O6. The van der Waals surface area contributed by atoms with Crippen molar-refractivity contribution >= 4 is 12.3 Å². The summed E-state index contributed by atoms with van der Waals surface area (Å²) in [6.07, 6.45) is -2.08. The van der Waals surface area contributed by atoms with Crippen LogP contribution in [-0.4, -0.2) is 38.2 Å². The Balaban J connectivity index is 4.07. The van der Waals surface area contributed by atoms with Crippen molar-refractivity contribution in [3.05, 3.63) is 0 Å². The van der Waals surface area contributed by atoms with E-state index < -0.39 is 18.4 Å². The molecule has 17 heavy (non-hydrogen) atoms. The molecule has 0 saturated heterocycles. The first kappa shape index (κ1) is 15.5. The van der Waals surface area contributed by atoms with E-state index in [0.717, 1.165) is 0 Å². The van der Waals surface area contributed by atoms with Gasteiger partial charge in [-0.3, -0.25) is 0 Å². The van der Waals surface area contributed by atoms with Crippen molar-refractivity contribution in [2.75, 3.05) is 19.8 Å². The number of rotatable bonds is 6. The van der Waals surface area contributed by atoms with Crippen molar-refractivity contribution in [1.82, 2.24) is 0 Å². The minimum Gasteiger partial charge on any atom is -0.435 e. The van der Waals surface area contributed by atoms with Crippen LogP contribution >= 0.6 is 0 Å². The summed E-state index contributed by atoms with van der Waals surface area (Å²) < 4.78 is 19.0. The van der Waals surface area contributed by atoms with Crippen molar-refractivity contribution in [2.45, 2.75) is 33.8 Å². The largest absolute Gasteiger partial charge is 0.508 e. The lowest BCUT2D eigenvalue weighted by Crippen LogP contribution is -2.30. The van der Waals surface area contributed by atoms with Gasteiger partial charge < -0.3 is 18.9 Å². The molecule has 0 fully saturated rings. The van der Waals surface area contributed by atoms with Crippen LogP contribution in [0.3, 0.4) is 0 Å². The van der Waals surface area contributed by atoms with Gasteiger partial charge in [0.1, 0.15) is 12.7 Å². The average molecular weight is 248 g/mol. The molecule has 0 aliphatic heterocycles. The van der Waals surface area contributed by atoms with Gasteiger partial charge in [-0.2, -0.15) is 0 Å². The van der Waals surface area contributed by atoms with E-state index in [9.17, 15) is 9.59 Å². The second-order valence-corrected chi connectivity index (χ2v) is 3.58. The summed E-state index contributed by atoms with van der Waals surface area (Å²) in [7, 11) is 0. The normalized spacial score (nSPS) is 11.8. The molecule has 0 N–H and O–H groups in total. The Morgan fingerprint density at radius 1 is 0.941 bits per heavy atom. The maximum Gasteiger partial charge on any atom is 0.508 e. The molecule has 0 aromatic rings. The van der Waals surface area contributed by atoms with Crippen LogP contribution in [0.5, 0.6) is 0 Å².